The summed E-state index contributed by atoms with van der Waals surface area (Å²) in [6, 6.07) is 8.58. The second-order valence-corrected chi connectivity index (χ2v) is 16.0. The van der Waals surface area contributed by atoms with Gasteiger partial charge in [0.1, 0.15) is 11.5 Å². The van der Waals surface area contributed by atoms with Gasteiger partial charge in [-0.15, -0.1) is 0 Å². The molecule has 0 heterocycles. The number of phenolic OH excluding ortho intramolecular Hbond substituents is 1. The molecule has 2 aromatic rings. The van der Waals surface area contributed by atoms with Crippen molar-refractivity contribution >= 4 is 8.60 Å². The average molecular weight is 629 g/mol. The van der Waals surface area contributed by atoms with Crippen molar-refractivity contribution in [1.29, 1.82) is 0 Å². The molecule has 0 saturated carbocycles. The van der Waals surface area contributed by atoms with Crippen molar-refractivity contribution in [3.63, 3.8) is 0 Å². The van der Waals surface area contributed by atoms with Gasteiger partial charge in [-0.25, -0.2) is 0 Å². The van der Waals surface area contributed by atoms with E-state index in [2.05, 4.69) is 81.4 Å². The van der Waals surface area contributed by atoms with Crippen LogP contribution in [-0.2, 0) is 16.2 Å². The van der Waals surface area contributed by atoms with Crippen LogP contribution in [0.3, 0.4) is 0 Å². The maximum atomic E-state index is 11.1. The third kappa shape index (κ3) is 10.7. The summed E-state index contributed by atoms with van der Waals surface area (Å²) in [6.07, 6.45) is 17.5. The van der Waals surface area contributed by atoms with E-state index in [4.69, 9.17) is 4.52 Å². The van der Waals surface area contributed by atoms with Gasteiger partial charge in [0, 0.05) is 11.0 Å². The van der Waals surface area contributed by atoms with Crippen LogP contribution in [-0.4, -0.2) is 14.9 Å². The van der Waals surface area contributed by atoms with Crippen molar-refractivity contribution in [3.05, 3.63) is 57.6 Å². The van der Waals surface area contributed by atoms with E-state index in [0.717, 1.165) is 47.9 Å². The molecule has 0 bridgehead atoms. The third-order valence-corrected chi connectivity index (χ3v) is 9.74. The van der Waals surface area contributed by atoms with E-state index in [1.807, 2.05) is 12.1 Å². The maximum absolute atomic E-state index is 11.1. The number of rotatable bonds is 18. The zero-order chi connectivity index (χ0) is 33.1. The van der Waals surface area contributed by atoms with Gasteiger partial charge in [-0.2, -0.15) is 0 Å². The molecule has 0 fully saturated rings. The van der Waals surface area contributed by atoms with Gasteiger partial charge in [0.05, 0.1) is 0 Å². The molecule has 0 aromatic heterocycles. The Hall–Kier alpha value is -1.61. The fourth-order valence-electron chi connectivity index (χ4n) is 7.08. The Morgan fingerprint density at radius 1 is 0.568 bits per heavy atom. The summed E-state index contributed by atoms with van der Waals surface area (Å²) in [4.78, 5) is 19.6. The molecule has 0 aliphatic heterocycles. The van der Waals surface area contributed by atoms with Gasteiger partial charge >= 0.3 is 8.60 Å². The van der Waals surface area contributed by atoms with Gasteiger partial charge < -0.3 is 19.4 Å². The minimum absolute atomic E-state index is 0.191. The van der Waals surface area contributed by atoms with E-state index < -0.39 is 8.60 Å². The van der Waals surface area contributed by atoms with Crippen molar-refractivity contribution in [2.45, 2.75) is 175 Å². The second-order valence-electron chi connectivity index (χ2n) is 15.3. The lowest BCUT2D eigenvalue weighted by Crippen LogP contribution is -2.31. The SMILES string of the molecule is CCCCCCCCCCCCCC(CCC)(c1cc(C(C)(C)C)c(O)cc1C)c1cc(C(C)(C)C)c(OP(O)O)cc1C. The molecule has 3 N–H and O–H groups in total. The van der Waals surface area contributed by atoms with E-state index >= 15 is 0 Å². The largest absolute Gasteiger partial charge is 0.508 e. The molecule has 0 spiro atoms. The Labute approximate surface area is 272 Å². The monoisotopic (exact) mass is 628 g/mol. The van der Waals surface area contributed by atoms with Crippen molar-refractivity contribution in [2.24, 2.45) is 0 Å². The summed E-state index contributed by atoms with van der Waals surface area (Å²) < 4.78 is 5.60. The van der Waals surface area contributed by atoms with Crippen molar-refractivity contribution in [2.75, 3.05) is 0 Å². The van der Waals surface area contributed by atoms with E-state index in [9.17, 15) is 14.9 Å². The predicted molar refractivity (Wildman–Crippen MR) is 190 cm³/mol. The summed E-state index contributed by atoms with van der Waals surface area (Å²) in [7, 11) is -2.52. The number of unbranched alkanes of at least 4 members (excludes halogenated alkanes) is 10. The number of phenols is 1. The molecule has 44 heavy (non-hydrogen) atoms. The minimum atomic E-state index is -2.52. The van der Waals surface area contributed by atoms with Gasteiger partial charge in [0.15, 0.2) is 0 Å². The molecule has 2 aromatic carbocycles. The first-order valence-electron chi connectivity index (χ1n) is 17.4. The molecular weight excluding hydrogens is 563 g/mol. The van der Waals surface area contributed by atoms with Crippen LogP contribution < -0.4 is 4.52 Å². The minimum Gasteiger partial charge on any atom is -0.508 e. The molecule has 0 saturated heterocycles. The summed E-state index contributed by atoms with van der Waals surface area (Å²) in [6.45, 7) is 21.8. The second kappa shape index (κ2) is 17.3. The van der Waals surface area contributed by atoms with Crippen LogP contribution in [0.25, 0.3) is 0 Å². The van der Waals surface area contributed by atoms with Crippen LogP contribution >= 0.6 is 8.60 Å². The standard InChI is InChI=1S/C39H65O4P/c1-11-13-14-15-16-17-18-19-20-21-22-24-39(23-12-2,31-27-33(37(5,6)7)35(40)25-29(31)3)32-28-34(38(8,9)10)36(26-30(32)4)43-44(41)42/h25-28,40-42H,11-24H2,1-10H3. The molecule has 0 amide bonds. The zero-order valence-corrected chi connectivity index (χ0v) is 30.8. The van der Waals surface area contributed by atoms with Crippen molar-refractivity contribution in [3.8, 4) is 11.5 Å². The Morgan fingerprint density at radius 2 is 1.02 bits per heavy atom. The Morgan fingerprint density at radius 3 is 1.48 bits per heavy atom. The fourth-order valence-corrected chi connectivity index (χ4v) is 7.41. The molecule has 0 radical (unpaired) electrons. The molecule has 5 heteroatoms. The number of hydrogen-bond donors (Lipinski definition) is 3. The molecular formula is C39H65O4P. The van der Waals surface area contributed by atoms with E-state index in [1.54, 1.807) is 0 Å². The Balaban J connectivity index is 2.56. The van der Waals surface area contributed by atoms with Crippen molar-refractivity contribution < 1.29 is 19.4 Å². The lowest BCUT2D eigenvalue weighted by Gasteiger charge is -2.40. The van der Waals surface area contributed by atoms with Gasteiger partial charge in [-0.05, 0) is 77.5 Å². The summed E-state index contributed by atoms with van der Waals surface area (Å²) in [5.74, 6) is 0.918. The number of aryl methyl sites for hydroxylation is 2. The zero-order valence-electron chi connectivity index (χ0n) is 29.9. The summed E-state index contributed by atoms with van der Waals surface area (Å²) >= 11 is 0. The summed E-state index contributed by atoms with van der Waals surface area (Å²) in [5.41, 5.74) is 6.11. The summed E-state index contributed by atoms with van der Waals surface area (Å²) in [5, 5.41) is 11.1. The lowest BCUT2D eigenvalue weighted by molar-refractivity contribution is 0.368. The Bertz CT molecular complexity index is 1160. The average Bonchev–Trinajstić information content (AvgIpc) is 2.89. The highest BCUT2D eigenvalue weighted by Gasteiger charge is 2.38. The van der Waals surface area contributed by atoms with E-state index in [0.29, 0.717) is 11.5 Å². The number of hydrogen-bond acceptors (Lipinski definition) is 4. The van der Waals surface area contributed by atoms with Crippen LogP contribution in [0.2, 0.25) is 0 Å². The van der Waals surface area contributed by atoms with E-state index in [1.165, 1.54) is 75.3 Å². The highest BCUT2D eigenvalue weighted by Crippen LogP contribution is 2.49. The Kier molecular flexibility index (Phi) is 15.2. The first kappa shape index (κ1) is 38.6. The van der Waals surface area contributed by atoms with Crippen LogP contribution in [0.4, 0.5) is 0 Å². The molecule has 1 unspecified atom stereocenters. The highest BCUT2D eigenvalue weighted by atomic mass is 31.2. The molecule has 2 rings (SSSR count). The van der Waals surface area contributed by atoms with Gasteiger partial charge in [-0.3, -0.25) is 0 Å². The van der Waals surface area contributed by atoms with Crippen LogP contribution in [0.1, 0.15) is 179 Å². The van der Waals surface area contributed by atoms with E-state index in [-0.39, 0.29) is 16.2 Å². The van der Waals surface area contributed by atoms with Crippen LogP contribution in [0.15, 0.2) is 24.3 Å². The molecule has 250 valence electrons. The molecule has 0 aliphatic rings. The van der Waals surface area contributed by atoms with Crippen LogP contribution in [0.5, 0.6) is 11.5 Å². The van der Waals surface area contributed by atoms with Gasteiger partial charge in [0.2, 0.25) is 0 Å². The first-order chi connectivity index (χ1) is 20.6. The van der Waals surface area contributed by atoms with Gasteiger partial charge in [-0.1, -0.05) is 145 Å². The maximum Gasteiger partial charge on any atom is 0.391 e. The third-order valence-electron chi connectivity index (χ3n) is 9.38. The normalized spacial score (nSPS) is 13.8. The molecule has 0 aliphatic carbocycles. The number of benzene rings is 2. The first-order valence-corrected chi connectivity index (χ1v) is 18.6. The smallest absolute Gasteiger partial charge is 0.391 e. The predicted octanol–water partition coefficient (Wildman–Crippen LogP) is 12.0. The fraction of sp³-hybridized carbons (Fsp3) is 0.692. The lowest BCUT2D eigenvalue weighted by atomic mass is 9.64. The number of aromatic hydroxyl groups is 1. The highest BCUT2D eigenvalue weighted by molar-refractivity contribution is 7.39. The van der Waals surface area contributed by atoms with Gasteiger partial charge in [0.25, 0.3) is 0 Å². The molecule has 1 atom stereocenters. The van der Waals surface area contributed by atoms with Crippen molar-refractivity contribution in [1.82, 2.24) is 0 Å². The topological polar surface area (TPSA) is 69.9 Å². The molecule has 4 nitrogen and oxygen atoms in total. The quantitative estimate of drug-likeness (QED) is 0.113. The van der Waals surface area contributed by atoms with Crippen LogP contribution in [0, 0.1) is 13.8 Å².